The smallest absolute Gasteiger partial charge is 0.321 e. The molecule has 0 radical (unpaired) electrons. The Hall–Kier alpha value is -1.53. The summed E-state index contributed by atoms with van der Waals surface area (Å²) >= 11 is 7.44. The van der Waals surface area contributed by atoms with Gasteiger partial charge in [-0.25, -0.2) is 0 Å². The standard InChI is InChI=1S/C11H11ClN4OS/c1-13-9-14-10(17-2)16-11(15-9)18-8-6-4-3-5-7(8)12/h3-6H,1-2H3,(H,13,14,15,16). The zero-order valence-corrected chi connectivity index (χ0v) is 11.4. The van der Waals surface area contributed by atoms with Crippen LogP contribution in [0.5, 0.6) is 6.01 Å². The summed E-state index contributed by atoms with van der Waals surface area (Å²) < 4.78 is 5.02. The van der Waals surface area contributed by atoms with Crippen molar-refractivity contribution in [3.63, 3.8) is 0 Å². The lowest BCUT2D eigenvalue weighted by molar-refractivity contribution is 0.374. The molecular formula is C11H11ClN4OS. The number of benzene rings is 1. The van der Waals surface area contributed by atoms with Gasteiger partial charge in [-0.05, 0) is 23.9 Å². The van der Waals surface area contributed by atoms with E-state index in [0.29, 0.717) is 16.1 Å². The molecule has 0 aliphatic carbocycles. The molecule has 5 nitrogen and oxygen atoms in total. The Kier molecular flexibility index (Phi) is 4.22. The Morgan fingerprint density at radius 3 is 2.67 bits per heavy atom. The fourth-order valence-corrected chi connectivity index (χ4v) is 2.23. The van der Waals surface area contributed by atoms with Crippen LogP contribution in [0, 0.1) is 0 Å². The topological polar surface area (TPSA) is 59.9 Å². The molecule has 1 heterocycles. The summed E-state index contributed by atoms with van der Waals surface area (Å²) in [5.74, 6) is 0.455. The highest BCUT2D eigenvalue weighted by molar-refractivity contribution is 7.99. The van der Waals surface area contributed by atoms with Crippen LogP contribution in [0.1, 0.15) is 0 Å². The van der Waals surface area contributed by atoms with Crippen LogP contribution in [-0.2, 0) is 0 Å². The number of rotatable bonds is 4. The molecule has 0 aliphatic heterocycles. The van der Waals surface area contributed by atoms with Crippen molar-refractivity contribution in [2.75, 3.05) is 19.5 Å². The van der Waals surface area contributed by atoms with Crippen molar-refractivity contribution in [1.82, 2.24) is 15.0 Å². The summed E-state index contributed by atoms with van der Waals surface area (Å²) in [5.41, 5.74) is 0. The van der Waals surface area contributed by atoms with Gasteiger partial charge in [0.15, 0.2) is 0 Å². The van der Waals surface area contributed by atoms with Gasteiger partial charge in [-0.15, -0.1) is 0 Å². The third-order valence-corrected chi connectivity index (χ3v) is 3.42. The summed E-state index contributed by atoms with van der Waals surface area (Å²) in [5, 5.41) is 4.04. The normalized spacial score (nSPS) is 10.2. The predicted molar refractivity (Wildman–Crippen MR) is 71.5 cm³/mol. The predicted octanol–water partition coefficient (Wildman–Crippen LogP) is 2.73. The molecule has 2 aromatic rings. The molecule has 18 heavy (non-hydrogen) atoms. The molecule has 0 fully saturated rings. The van der Waals surface area contributed by atoms with Crippen LogP contribution < -0.4 is 10.1 Å². The number of nitrogens with one attached hydrogen (secondary N) is 1. The first kappa shape index (κ1) is 12.9. The SMILES string of the molecule is CNc1nc(OC)nc(Sc2ccccc2Cl)n1. The minimum Gasteiger partial charge on any atom is -0.467 e. The van der Waals surface area contributed by atoms with Crippen molar-refractivity contribution in [3.8, 4) is 6.01 Å². The first-order valence-corrected chi connectivity index (χ1v) is 6.32. The van der Waals surface area contributed by atoms with Gasteiger partial charge in [0.2, 0.25) is 11.1 Å². The molecule has 0 atom stereocenters. The minimum absolute atomic E-state index is 0.268. The highest BCUT2D eigenvalue weighted by atomic mass is 35.5. The number of anilines is 1. The molecule has 0 saturated carbocycles. The van der Waals surface area contributed by atoms with Crippen LogP contribution >= 0.6 is 23.4 Å². The molecule has 0 spiro atoms. The Labute approximate surface area is 114 Å². The Bertz CT molecular complexity index is 530. The maximum atomic E-state index is 6.08. The molecule has 0 aliphatic rings. The van der Waals surface area contributed by atoms with E-state index in [0.717, 1.165) is 4.90 Å². The first-order valence-electron chi connectivity index (χ1n) is 5.13. The lowest BCUT2D eigenvalue weighted by Gasteiger charge is -2.06. The molecule has 0 amide bonds. The van der Waals surface area contributed by atoms with Gasteiger partial charge in [-0.2, -0.15) is 15.0 Å². The van der Waals surface area contributed by atoms with Crippen LogP contribution in [-0.4, -0.2) is 29.1 Å². The second kappa shape index (κ2) is 5.88. The van der Waals surface area contributed by atoms with Gasteiger partial charge in [0.25, 0.3) is 0 Å². The lowest BCUT2D eigenvalue weighted by Crippen LogP contribution is -2.02. The Morgan fingerprint density at radius 2 is 2.00 bits per heavy atom. The summed E-state index contributed by atoms with van der Waals surface area (Å²) in [6.07, 6.45) is 0. The zero-order chi connectivity index (χ0) is 13.0. The fraction of sp³-hybridized carbons (Fsp3) is 0.182. The van der Waals surface area contributed by atoms with Crippen LogP contribution in [0.3, 0.4) is 0 Å². The van der Waals surface area contributed by atoms with E-state index >= 15 is 0 Å². The van der Waals surface area contributed by atoms with Crippen LogP contribution in [0.4, 0.5) is 5.95 Å². The van der Waals surface area contributed by atoms with E-state index in [-0.39, 0.29) is 6.01 Å². The molecule has 0 saturated heterocycles. The second-order valence-corrected chi connectivity index (χ2v) is 4.63. The van der Waals surface area contributed by atoms with Crippen molar-refractivity contribution in [2.24, 2.45) is 0 Å². The molecule has 1 aromatic carbocycles. The number of aromatic nitrogens is 3. The molecule has 1 N–H and O–H groups in total. The maximum Gasteiger partial charge on any atom is 0.321 e. The van der Waals surface area contributed by atoms with Crippen molar-refractivity contribution < 1.29 is 4.74 Å². The monoisotopic (exact) mass is 282 g/mol. The van der Waals surface area contributed by atoms with E-state index in [1.165, 1.54) is 18.9 Å². The van der Waals surface area contributed by atoms with Gasteiger partial charge < -0.3 is 10.1 Å². The Balaban J connectivity index is 2.31. The molecule has 1 aromatic heterocycles. The number of methoxy groups -OCH3 is 1. The molecule has 7 heteroatoms. The average Bonchev–Trinajstić information content (AvgIpc) is 2.41. The molecular weight excluding hydrogens is 272 g/mol. The van der Waals surface area contributed by atoms with Crippen molar-refractivity contribution in [3.05, 3.63) is 29.3 Å². The van der Waals surface area contributed by atoms with Crippen molar-refractivity contribution >= 4 is 29.3 Å². The summed E-state index contributed by atoms with van der Waals surface area (Å²) in [4.78, 5) is 13.3. The summed E-state index contributed by atoms with van der Waals surface area (Å²) in [6, 6.07) is 7.78. The van der Waals surface area contributed by atoms with Crippen molar-refractivity contribution in [1.29, 1.82) is 0 Å². The molecule has 0 unspecified atom stereocenters. The third-order valence-electron chi connectivity index (χ3n) is 2.04. The van der Waals surface area contributed by atoms with Gasteiger partial charge in [0.05, 0.1) is 12.1 Å². The van der Waals surface area contributed by atoms with Crippen LogP contribution in [0.2, 0.25) is 5.02 Å². The largest absolute Gasteiger partial charge is 0.467 e. The molecule has 2 rings (SSSR count). The van der Waals surface area contributed by atoms with E-state index in [1.54, 1.807) is 7.05 Å². The third kappa shape index (κ3) is 3.02. The summed E-state index contributed by atoms with van der Waals surface area (Å²) in [7, 11) is 3.25. The molecule has 94 valence electrons. The zero-order valence-electron chi connectivity index (χ0n) is 9.85. The van der Waals surface area contributed by atoms with Gasteiger partial charge in [-0.1, -0.05) is 23.7 Å². The van der Waals surface area contributed by atoms with E-state index in [4.69, 9.17) is 16.3 Å². The van der Waals surface area contributed by atoms with Gasteiger partial charge in [0.1, 0.15) is 0 Å². The number of nitrogens with zero attached hydrogens (tertiary/aromatic N) is 3. The number of hydrogen-bond donors (Lipinski definition) is 1. The highest BCUT2D eigenvalue weighted by Crippen LogP contribution is 2.31. The number of hydrogen-bond acceptors (Lipinski definition) is 6. The van der Waals surface area contributed by atoms with E-state index in [2.05, 4.69) is 20.3 Å². The maximum absolute atomic E-state index is 6.08. The minimum atomic E-state index is 0.268. The van der Waals surface area contributed by atoms with Crippen LogP contribution in [0.15, 0.2) is 34.3 Å². The second-order valence-electron chi connectivity index (χ2n) is 3.21. The van der Waals surface area contributed by atoms with Crippen LogP contribution in [0.25, 0.3) is 0 Å². The Morgan fingerprint density at radius 1 is 1.22 bits per heavy atom. The number of halogens is 1. The van der Waals surface area contributed by atoms with Gasteiger partial charge >= 0.3 is 6.01 Å². The highest BCUT2D eigenvalue weighted by Gasteiger charge is 2.09. The van der Waals surface area contributed by atoms with E-state index in [1.807, 2.05) is 24.3 Å². The first-order chi connectivity index (χ1) is 8.72. The quantitative estimate of drug-likeness (QED) is 0.930. The summed E-state index contributed by atoms with van der Waals surface area (Å²) in [6.45, 7) is 0. The van der Waals surface area contributed by atoms with E-state index in [9.17, 15) is 0 Å². The lowest BCUT2D eigenvalue weighted by atomic mass is 10.4. The number of ether oxygens (including phenoxy) is 1. The fourth-order valence-electron chi connectivity index (χ4n) is 1.21. The van der Waals surface area contributed by atoms with Crippen molar-refractivity contribution in [2.45, 2.75) is 10.1 Å². The average molecular weight is 283 g/mol. The van der Waals surface area contributed by atoms with Gasteiger partial charge in [-0.3, -0.25) is 0 Å². The molecule has 0 bridgehead atoms. The van der Waals surface area contributed by atoms with Gasteiger partial charge in [0, 0.05) is 11.9 Å². The van der Waals surface area contributed by atoms with E-state index < -0.39 is 0 Å².